The monoisotopic (exact) mass is 436 g/mol. The molecule has 168 valence electrons. The number of ether oxygens (including phenoxy) is 1. The number of nitrogens with one attached hydrogen (secondary N) is 1. The number of fused-ring (bicyclic) bond motifs is 3. The summed E-state index contributed by atoms with van der Waals surface area (Å²) in [4.78, 5) is 37.2. The first kappa shape index (κ1) is 21.9. The molecule has 0 bridgehead atoms. The second-order valence-electron chi connectivity index (χ2n) is 8.59. The number of carboxylic acids is 1. The number of amides is 2. The maximum Gasteiger partial charge on any atom is 0.407 e. The average Bonchev–Trinajstić information content (AvgIpc) is 3.07. The van der Waals surface area contributed by atoms with Gasteiger partial charge in [-0.25, -0.2) is 4.79 Å². The van der Waals surface area contributed by atoms with Crippen LogP contribution in [0.5, 0.6) is 0 Å². The molecule has 2 N–H and O–H groups in total. The van der Waals surface area contributed by atoms with Crippen molar-refractivity contribution in [3.63, 3.8) is 0 Å². The summed E-state index contributed by atoms with van der Waals surface area (Å²) in [5, 5.41) is 11.4. The molecule has 2 aromatic rings. The van der Waals surface area contributed by atoms with Gasteiger partial charge < -0.3 is 20.1 Å². The highest BCUT2D eigenvalue weighted by atomic mass is 16.5. The first-order valence-corrected chi connectivity index (χ1v) is 11.1. The van der Waals surface area contributed by atoms with Crippen LogP contribution >= 0.6 is 0 Å². The van der Waals surface area contributed by atoms with Crippen LogP contribution in [-0.2, 0) is 14.3 Å². The number of aliphatic carboxylic acids is 1. The van der Waals surface area contributed by atoms with Gasteiger partial charge in [0, 0.05) is 25.4 Å². The standard InChI is InChI=1S/C25H28N2O5/c1-16(24(30)27-13-17(14-27)7-6-12-23(28)29)26-25(31)32-15-22-20-10-4-2-8-18(20)19-9-3-5-11-21(19)22/h2-5,8-11,16-17,22H,6-7,12-15H2,1H3,(H,26,31)(H,28,29). The molecular weight excluding hydrogens is 408 g/mol. The number of likely N-dealkylation sites (tertiary alicyclic amines) is 1. The molecule has 2 aliphatic rings. The lowest BCUT2D eigenvalue weighted by molar-refractivity contribution is -0.140. The number of nitrogens with zero attached hydrogens (tertiary/aromatic N) is 1. The second kappa shape index (κ2) is 9.42. The molecule has 4 rings (SSSR count). The number of carboxylic acid groups (broad SMARTS) is 1. The van der Waals surface area contributed by atoms with Crippen LogP contribution in [-0.4, -0.2) is 53.7 Å². The maximum atomic E-state index is 12.5. The lowest BCUT2D eigenvalue weighted by Gasteiger charge is -2.40. The van der Waals surface area contributed by atoms with Crippen molar-refractivity contribution in [2.45, 2.75) is 38.1 Å². The zero-order chi connectivity index (χ0) is 22.7. The van der Waals surface area contributed by atoms with E-state index >= 15 is 0 Å². The molecule has 7 heteroatoms. The molecule has 0 aromatic heterocycles. The fraction of sp³-hybridized carbons (Fsp3) is 0.400. The summed E-state index contributed by atoms with van der Waals surface area (Å²) in [6.07, 6.45) is 0.968. The molecule has 1 atom stereocenters. The van der Waals surface area contributed by atoms with E-state index in [9.17, 15) is 14.4 Å². The van der Waals surface area contributed by atoms with E-state index in [1.54, 1.807) is 11.8 Å². The smallest absolute Gasteiger partial charge is 0.407 e. The lowest BCUT2D eigenvalue weighted by Crippen LogP contribution is -2.56. The number of benzene rings is 2. The molecule has 2 amide bonds. The van der Waals surface area contributed by atoms with E-state index < -0.39 is 18.1 Å². The van der Waals surface area contributed by atoms with Gasteiger partial charge in [-0.15, -0.1) is 0 Å². The van der Waals surface area contributed by atoms with Crippen molar-refractivity contribution in [3.05, 3.63) is 59.7 Å². The molecule has 0 saturated carbocycles. The Hall–Kier alpha value is -3.35. The largest absolute Gasteiger partial charge is 0.481 e. The van der Waals surface area contributed by atoms with Gasteiger partial charge in [0.15, 0.2) is 0 Å². The summed E-state index contributed by atoms with van der Waals surface area (Å²) in [5.74, 6) is -0.632. The Balaban J connectivity index is 1.25. The van der Waals surface area contributed by atoms with E-state index in [1.165, 1.54) is 0 Å². The molecule has 2 aromatic carbocycles. The average molecular weight is 437 g/mol. The molecular formula is C25H28N2O5. The minimum Gasteiger partial charge on any atom is -0.481 e. The van der Waals surface area contributed by atoms with Crippen molar-refractivity contribution in [3.8, 4) is 11.1 Å². The summed E-state index contributed by atoms with van der Waals surface area (Å²) in [6.45, 7) is 3.07. The highest BCUT2D eigenvalue weighted by molar-refractivity contribution is 5.86. The van der Waals surface area contributed by atoms with Crippen molar-refractivity contribution in [2.75, 3.05) is 19.7 Å². The van der Waals surface area contributed by atoms with Crippen molar-refractivity contribution in [1.29, 1.82) is 0 Å². The second-order valence-corrected chi connectivity index (χ2v) is 8.59. The van der Waals surface area contributed by atoms with E-state index in [4.69, 9.17) is 9.84 Å². The summed E-state index contributed by atoms with van der Waals surface area (Å²) >= 11 is 0. The molecule has 1 heterocycles. The normalized spacial score (nSPS) is 16.0. The van der Waals surface area contributed by atoms with Crippen molar-refractivity contribution >= 4 is 18.0 Å². The Bertz CT molecular complexity index is 969. The highest BCUT2D eigenvalue weighted by Crippen LogP contribution is 2.44. The van der Waals surface area contributed by atoms with Crippen LogP contribution < -0.4 is 5.32 Å². The summed E-state index contributed by atoms with van der Waals surface area (Å²) in [5.41, 5.74) is 4.60. The van der Waals surface area contributed by atoms with Crippen LogP contribution in [0.3, 0.4) is 0 Å². The van der Waals surface area contributed by atoms with Crippen LogP contribution in [0.4, 0.5) is 4.79 Å². The van der Waals surface area contributed by atoms with Gasteiger partial charge in [0.05, 0.1) is 0 Å². The first-order chi connectivity index (χ1) is 15.4. The molecule has 1 fully saturated rings. The van der Waals surface area contributed by atoms with Crippen LogP contribution in [0.2, 0.25) is 0 Å². The van der Waals surface area contributed by atoms with Gasteiger partial charge in [-0.3, -0.25) is 9.59 Å². The fourth-order valence-corrected chi connectivity index (χ4v) is 4.63. The van der Waals surface area contributed by atoms with Crippen molar-refractivity contribution < 1.29 is 24.2 Å². The lowest BCUT2D eigenvalue weighted by atomic mass is 9.93. The molecule has 1 aliphatic heterocycles. The number of rotatable bonds is 8. The predicted octanol–water partition coefficient (Wildman–Crippen LogP) is 3.63. The zero-order valence-corrected chi connectivity index (χ0v) is 18.1. The fourth-order valence-electron chi connectivity index (χ4n) is 4.63. The molecule has 0 spiro atoms. The first-order valence-electron chi connectivity index (χ1n) is 11.1. The molecule has 32 heavy (non-hydrogen) atoms. The van der Waals surface area contributed by atoms with Crippen LogP contribution in [0.25, 0.3) is 11.1 Å². The van der Waals surface area contributed by atoms with E-state index in [1.807, 2.05) is 24.3 Å². The summed E-state index contributed by atoms with van der Waals surface area (Å²) in [7, 11) is 0. The predicted molar refractivity (Wildman–Crippen MR) is 119 cm³/mol. The molecule has 7 nitrogen and oxygen atoms in total. The number of carbonyl (C=O) groups is 3. The Morgan fingerprint density at radius 3 is 2.25 bits per heavy atom. The van der Waals surface area contributed by atoms with Crippen LogP contribution in [0.1, 0.15) is 43.2 Å². The van der Waals surface area contributed by atoms with E-state index in [0.29, 0.717) is 25.4 Å². The zero-order valence-electron chi connectivity index (χ0n) is 18.1. The SMILES string of the molecule is CC(NC(=O)OCC1c2ccccc2-c2ccccc21)C(=O)N1CC(CCCC(=O)O)C1. The number of alkyl carbamates (subject to hydrolysis) is 1. The summed E-state index contributed by atoms with van der Waals surface area (Å²) in [6, 6.07) is 15.6. The Kier molecular flexibility index (Phi) is 6.44. The topological polar surface area (TPSA) is 95.9 Å². The Morgan fingerprint density at radius 2 is 1.66 bits per heavy atom. The van der Waals surface area contributed by atoms with Gasteiger partial charge in [-0.2, -0.15) is 0 Å². The van der Waals surface area contributed by atoms with Gasteiger partial charge in [0.25, 0.3) is 0 Å². The Morgan fingerprint density at radius 1 is 1.06 bits per heavy atom. The number of hydrogen-bond acceptors (Lipinski definition) is 4. The van der Waals surface area contributed by atoms with E-state index in [2.05, 4.69) is 29.6 Å². The third kappa shape index (κ3) is 4.61. The van der Waals surface area contributed by atoms with Crippen molar-refractivity contribution in [2.24, 2.45) is 5.92 Å². The van der Waals surface area contributed by atoms with Gasteiger partial charge in [-0.1, -0.05) is 48.5 Å². The Labute approximate surface area is 187 Å². The maximum absolute atomic E-state index is 12.5. The summed E-state index contributed by atoms with van der Waals surface area (Å²) < 4.78 is 5.51. The molecule has 1 aliphatic carbocycles. The van der Waals surface area contributed by atoms with E-state index in [0.717, 1.165) is 28.7 Å². The van der Waals surface area contributed by atoms with Gasteiger partial charge >= 0.3 is 12.1 Å². The third-order valence-electron chi connectivity index (χ3n) is 6.32. The minimum absolute atomic E-state index is 0.0268. The van der Waals surface area contributed by atoms with Gasteiger partial charge in [-0.05, 0) is 47.9 Å². The van der Waals surface area contributed by atoms with Crippen LogP contribution in [0.15, 0.2) is 48.5 Å². The quantitative estimate of drug-likeness (QED) is 0.659. The molecule has 1 saturated heterocycles. The highest BCUT2D eigenvalue weighted by Gasteiger charge is 2.34. The van der Waals surface area contributed by atoms with Gasteiger partial charge in [0.2, 0.25) is 5.91 Å². The van der Waals surface area contributed by atoms with Gasteiger partial charge in [0.1, 0.15) is 12.6 Å². The van der Waals surface area contributed by atoms with Crippen molar-refractivity contribution in [1.82, 2.24) is 10.2 Å². The van der Waals surface area contributed by atoms with Crippen LogP contribution in [0, 0.1) is 5.92 Å². The van der Waals surface area contributed by atoms with E-state index in [-0.39, 0.29) is 24.9 Å². The minimum atomic E-state index is -0.793. The number of carbonyl (C=O) groups excluding carboxylic acids is 2. The molecule has 1 unspecified atom stereocenters. The number of hydrogen-bond donors (Lipinski definition) is 2. The molecule has 0 radical (unpaired) electrons. The third-order valence-corrected chi connectivity index (χ3v) is 6.32.